The van der Waals surface area contributed by atoms with Gasteiger partial charge in [-0.3, -0.25) is 9.59 Å². The molecule has 1 aliphatic carbocycles. The van der Waals surface area contributed by atoms with Crippen molar-refractivity contribution in [3.63, 3.8) is 0 Å². The van der Waals surface area contributed by atoms with Crippen molar-refractivity contribution in [2.75, 3.05) is 0 Å². The van der Waals surface area contributed by atoms with E-state index in [0.29, 0.717) is 27.8 Å². The highest BCUT2D eigenvalue weighted by molar-refractivity contribution is 6.27. The van der Waals surface area contributed by atoms with Crippen LogP contribution in [-0.2, 0) is 12.6 Å². The van der Waals surface area contributed by atoms with Crippen molar-refractivity contribution in [2.24, 2.45) is 0 Å². The predicted octanol–water partition coefficient (Wildman–Crippen LogP) is 4.95. The lowest BCUT2D eigenvalue weighted by Gasteiger charge is -2.20. The Morgan fingerprint density at radius 3 is 2.12 bits per heavy atom. The van der Waals surface area contributed by atoms with Crippen molar-refractivity contribution in [2.45, 2.75) is 26.4 Å². The summed E-state index contributed by atoms with van der Waals surface area (Å²) in [4.78, 5) is 25.4. The first-order chi connectivity index (χ1) is 11.7. The fourth-order valence-corrected chi connectivity index (χ4v) is 3.04. The molecule has 2 aromatic carbocycles. The third-order valence-corrected chi connectivity index (χ3v) is 4.47. The van der Waals surface area contributed by atoms with E-state index in [1.165, 1.54) is 12.1 Å². The van der Waals surface area contributed by atoms with Crippen molar-refractivity contribution in [1.29, 1.82) is 0 Å². The van der Waals surface area contributed by atoms with Crippen LogP contribution in [0, 0.1) is 6.92 Å². The molecule has 2 nitrogen and oxygen atoms in total. The first-order valence-electron chi connectivity index (χ1n) is 7.75. The van der Waals surface area contributed by atoms with E-state index in [1.54, 1.807) is 32.0 Å². The Morgan fingerprint density at radius 1 is 0.880 bits per heavy atom. The molecule has 2 aromatic rings. The Bertz CT molecular complexity index is 904. The number of halogens is 3. The maximum atomic E-state index is 12.8. The number of aryl methyl sites for hydroxylation is 1. The second-order valence-corrected chi connectivity index (χ2v) is 6.13. The number of carbonyl (C=O) groups is 2. The minimum atomic E-state index is -4.40. The summed E-state index contributed by atoms with van der Waals surface area (Å²) in [5, 5.41) is 0. The molecular formula is C20H15F3O2. The number of Topliss-reactive ketones (excluding diaryl/α,β-unsaturated/α-hetero) is 2. The zero-order chi connectivity index (χ0) is 18.4. The van der Waals surface area contributed by atoms with E-state index in [0.717, 1.165) is 17.7 Å². The molecule has 1 aliphatic rings. The number of hydrogen-bond donors (Lipinski definition) is 0. The molecule has 0 amide bonds. The number of hydrogen-bond acceptors (Lipinski definition) is 2. The summed E-state index contributed by atoms with van der Waals surface area (Å²) in [6.07, 6.45) is -4.28. The van der Waals surface area contributed by atoms with Crippen LogP contribution in [0.3, 0.4) is 0 Å². The van der Waals surface area contributed by atoms with E-state index in [1.807, 2.05) is 0 Å². The quantitative estimate of drug-likeness (QED) is 0.772. The van der Waals surface area contributed by atoms with Gasteiger partial charge in [0.15, 0.2) is 11.6 Å². The summed E-state index contributed by atoms with van der Waals surface area (Å²) >= 11 is 0. The van der Waals surface area contributed by atoms with Crippen molar-refractivity contribution < 1.29 is 22.8 Å². The van der Waals surface area contributed by atoms with E-state index < -0.39 is 11.7 Å². The molecule has 0 aromatic heterocycles. The summed E-state index contributed by atoms with van der Waals surface area (Å²) < 4.78 is 37.9. The lowest BCUT2D eigenvalue weighted by Crippen LogP contribution is -2.23. The van der Waals surface area contributed by atoms with Gasteiger partial charge in [0.05, 0.1) is 5.56 Å². The van der Waals surface area contributed by atoms with Gasteiger partial charge in [0.2, 0.25) is 0 Å². The normalized spacial score (nSPS) is 14.8. The van der Waals surface area contributed by atoms with Crippen molar-refractivity contribution in [1.82, 2.24) is 0 Å². The number of carbonyl (C=O) groups excluding carboxylic acids is 2. The third kappa shape index (κ3) is 3.02. The van der Waals surface area contributed by atoms with Crippen LogP contribution in [0.15, 0.2) is 53.6 Å². The van der Waals surface area contributed by atoms with Crippen LogP contribution in [0.2, 0.25) is 0 Å². The molecule has 0 heterocycles. The Hall–Kier alpha value is -2.69. The monoisotopic (exact) mass is 344 g/mol. The molecule has 5 heteroatoms. The van der Waals surface area contributed by atoms with Crippen LogP contribution in [-0.4, -0.2) is 11.6 Å². The molecule has 128 valence electrons. The van der Waals surface area contributed by atoms with Crippen molar-refractivity contribution >= 4 is 11.6 Å². The van der Waals surface area contributed by atoms with Gasteiger partial charge >= 0.3 is 6.18 Å². The van der Waals surface area contributed by atoms with Gasteiger partial charge in [0.25, 0.3) is 0 Å². The lowest BCUT2D eigenvalue weighted by atomic mass is 9.80. The Kier molecular flexibility index (Phi) is 4.11. The number of rotatable bonds is 2. The first kappa shape index (κ1) is 17.1. The SMILES string of the molecule is CC1=C(Cc2ccc(C(F)(F)F)cc2)C(=O)c2cccc(C)c2C1=O. The molecule has 0 saturated heterocycles. The third-order valence-electron chi connectivity index (χ3n) is 4.47. The van der Waals surface area contributed by atoms with Gasteiger partial charge in [-0.25, -0.2) is 0 Å². The standard InChI is InChI=1S/C20H15F3O2/c1-11-4-3-5-15-17(11)18(24)12(2)16(19(15)25)10-13-6-8-14(9-7-13)20(21,22)23/h3-9H,10H2,1-2H3. The van der Waals surface area contributed by atoms with E-state index in [-0.39, 0.29) is 18.0 Å². The van der Waals surface area contributed by atoms with Crippen molar-refractivity contribution in [3.05, 3.63) is 81.4 Å². The van der Waals surface area contributed by atoms with Gasteiger partial charge in [-0.15, -0.1) is 0 Å². The maximum Gasteiger partial charge on any atom is 0.416 e. The van der Waals surface area contributed by atoms with E-state index in [4.69, 9.17) is 0 Å². The lowest BCUT2D eigenvalue weighted by molar-refractivity contribution is -0.137. The Labute approximate surface area is 143 Å². The summed E-state index contributed by atoms with van der Waals surface area (Å²) in [6, 6.07) is 9.76. The molecule has 0 spiro atoms. The Morgan fingerprint density at radius 2 is 1.52 bits per heavy atom. The predicted molar refractivity (Wildman–Crippen MR) is 87.7 cm³/mol. The minimum Gasteiger partial charge on any atom is -0.289 e. The number of fused-ring (bicyclic) bond motifs is 1. The molecule has 0 fully saturated rings. The first-order valence-corrected chi connectivity index (χ1v) is 7.75. The van der Waals surface area contributed by atoms with Crippen LogP contribution in [0.4, 0.5) is 13.2 Å². The highest BCUT2D eigenvalue weighted by Crippen LogP contribution is 2.32. The summed E-state index contributed by atoms with van der Waals surface area (Å²) in [5.41, 5.74) is 2.02. The van der Waals surface area contributed by atoms with Gasteiger partial charge in [-0.05, 0) is 37.1 Å². The van der Waals surface area contributed by atoms with E-state index in [2.05, 4.69) is 0 Å². The molecule has 0 unspecified atom stereocenters. The molecule has 0 saturated carbocycles. The number of benzene rings is 2. The zero-order valence-electron chi connectivity index (χ0n) is 13.7. The summed E-state index contributed by atoms with van der Waals surface area (Å²) in [7, 11) is 0. The highest BCUT2D eigenvalue weighted by atomic mass is 19.4. The number of allylic oxidation sites excluding steroid dienone is 2. The molecule has 3 rings (SSSR count). The fourth-order valence-electron chi connectivity index (χ4n) is 3.04. The van der Waals surface area contributed by atoms with Gasteiger partial charge < -0.3 is 0 Å². The smallest absolute Gasteiger partial charge is 0.289 e. The van der Waals surface area contributed by atoms with Crippen molar-refractivity contribution in [3.8, 4) is 0 Å². The Balaban J connectivity index is 1.97. The van der Waals surface area contributed by atoms with Crippen LogP contribution < -0.4 is 0 Å². The van der Waals surface area contributed by atoms with Gasteiger partial charge in [-0.1, -0.05) is 30.3 Å². The van der Waals surface area contributed by atoms with Gasteiger partial charge in [0.1, 0.15) is 0 Å². The van der Waals surface area contributed by atoms with E-state index in [9.17, 15) is 22.8 Å². The maximum absolute atomic E-state index is 12.8. The number of alkyl halides is 3. The largest absolute Gasteiger partial charge is 0.416 e. The van der Waals surface area contributed by atoms with E-state index >= 15 is 0 Å². The average Bonchev–Trinajstić information content (AvgIpc) is 2.56. The molecule has 0 atom stereocenters. The summed E-state index contributed by atoms with van der Waals surface area (Å²) in [5.74, 6) is -0.440. The molecule has 0 aliphatic heterocycles. The van der Waals surface area contributed by atoms with Gasteiger partial charge in [-0.2, -0.15) is 13.2 Å². The topological polar surface area (TPSA) is 34.1 Å². The molecular weight excluding hydrogens is 329 g/mol. The molecule has 0 radical (unpaired) electrons. The minimum absolute atomic E-state index is 0.127. The van der Waals surface area contributed by atoms with Crippen LogP contribution in [0.25, 0.3) is 0 Å². The molecule has 0 bridgehead atoms. The zero-order valence-corrected chi connectivity index (χ0v) is 13.7. The molecule has 25 heavy (non-hydrogen) atoms. The van der Waals surface area contributed by atoms with Crippen LogP contribution >= 0.6 is 0 Å². The molecule has 0 N–H and O–H groups in total. The average molecular weight is 344 g/mol. The highest BCUT2D eigenvalue weighted by Gasteiger charge is 2.32. The summed E-state index contributed by atoms with van der Waals surface area (Å²) in [6.45, 7) is 3.37. The number of ketones is 2. The van der Waals surface area contributed by atoms with Crippen LogP contribution in [0.1, 0.15) is 44.3 Å². The fraction of sp³-hybridized carbons (Fsp3) is 0.200. The second-order valence-electron chi connectivity index (χ2n) is 6.13. The second kappa shape index (κ2) is 5.99. The van der Waals surface area contributed by atoms with Gasteiger partial charge in [0, 0.05) is 28.7 Å². The van der Waals surface area contributed by atoms with Crippen LogP contribution in [0.5, 0.6) is 0 Å².